The number of rotatable bonds is 8. The lowest BCUT2D eigenvalue weighted by Gasteiger charge is -2.33. The van der Waals surface area contributed by atoms with Crippen LogP contribution in [0.15, 0.2) is 55.0 Å². The minimum Gasteiger partial charge on any atom is -0.383 e. The molecule has 6 aromatic rings. The van der Waals surface area contributed by atoms with Gasteiger partial charge in [-0.1, -0.05) is 18.2 Å². The number of hydrogen-bond donors (Lipinski definition) is 0. The molecule has 0 saturated carbocycles. The number of benzene rings is 2. The summed E-state index contributed by atoms with van der Waals surface area (Å²) in [6.07, 6.45) is 6.02. The average Bonchev–Trinajstić information content (AvgIpc) is 3.86. The number of aromatic nitrogens is 7. The number of methoxy groups -OCH3 is 1. The van der Waals surface area contributed by atoms with Gasteiger partial charge in [0.15, 0.2) is 5.82 Å². The highest BCUT2D eigenvalue weighted by atomic mass is 16.5. The van der Waals surface area contributed by atoms with Crippen molar-refractivity contribution in [3.05, 3.63) is 72.1 Å². The molecule has 11 nitrogen and oxygen atoms in total. The Labute approximate surface area is 279 Å². The summed E-state index contributed by atoms with van der Waals surface area (Å²) in [7, 11) is 3.69. The van der Waals surface area contributed by atoms with Gasteiger partial charge < -0.3 is 23.5 Å². The van der Waals surface area contributed by atoms with Gasteiger partial charge in [0.05, 0.1) is 29.0 Å². The van der Waals surface area contributed by atoms with E-state index in [2.05, 4.69) is 83.6 Å². The van der Waals surface area contributed by atoms with Gasteiger partial charge in [-0.15, -0.1) is 0 Å². The SMILES string of the molecule is COCCn1cc(N2CC(C)n3c(cc4cccc(-c5c(C)nn(C)c5C)c43)C2=O)c2cc(-c3ncn(CC4CCOCC4)n3)ccc21. The van der Waals surface area contributed by atoms with E-state index < -0.39 is 0 Å². The van der Waals surface area contributed by atoms with Crippen LogP contribution < -0.4 is 4.90 Å². The number of amides is 1. The van der Waals surface area contributed by atoms with Gasteiger partial charge >= 0.3 is 0 Å². The van der Waals surface area contributed by atoms with Crippen molar-refractivity contribution in [3.63, 3.8) is 0 Å². The van der Waals surface area contributed by atoms with E-state index in [1.807, 2.05) is 27.6 Å². The Morgan fingerprint density at radius 2 is 1.90 bits per heavy atom. The molecule has 6 heterocycles. The van der Waals surface area contributed by atoms with Crippen LogP contribution in [0.25, 0.3) is 44.3 Å². The zero-order valence-electron chi connectivity index (χ0n) is 28.3. The fourth-order valence-corrected chi connectivity index (χ4v) is 7.76. The molecule has 0 bridgehead atoms. The number of anilines is 1. The highest BCUT2D eigenvalue weighted by Crippen LogP contribution is 2.41. The Morgan fingerprint density at radius 1 is 1.06 bits per heavy atom. The molecular weight excluding hydrogens is 604 g/mol. The van der Waals surface area contributed by atoms with E-state index in [9.17, 15) is 4.79 Å². The molecular formula is C37H42N8O3. The quantitative estimate of drug-likeness (QED) is 0.196. The zero-order valence-corrected chi connectivity index (χ0v) is 28.3. The lowest BCUT2D eigenvalue weighted by molar-refractivity contribution is 0.0601. The van der Waals surface area contributed by atoms with Crippen molar-refractivity contribution in [2.24, 2.45) is 13.0 Å². The highest BCUT2D eigenvalue weighted by Gasteiger charge is 2.34. The summed E-state index contributed by atoms with van der Waals surface area (Å²) in [5, 5.41) is 11.6. The highest BCUT2D eigenvalue weighted by molar-refractivity contribution is 6.14. The first-order valence-electron chi connectivity index (χ1n) is 16.9. The van der Waals surface area contributed by atoms with Crippen molar-refractivity contribution < 1.29 is 14.3 Å². The van der Waals surface area contributed by atoms with Crippen molar-refractivity contribution >= 4 is 33.4 Å². The number of fused-ring (bicyclic) bond motifs is 4. The molecule has 1 atom stereocenters. The lowest BCUT2D eigenvalue weighted by atomic mass is 10.0. The van der Waals surface area contributed by atoms with Crippen molar-refractivity contribution in [1.82, 2.24) is 33.7 Å². The van der Waals surface area contributed by atoms with Gasteiger partial charge in [-0.3, -0.25) is 14.2 Å². The van der Waals surface area contributed by atoms with E-state index in [1.54, 1.807) is 7.11 Å². The van der Waals surface area contributed by atoms with Crippen molar-refractivity contribution in [1.29, 1.82) is 0 Å². The fourth-order valence-electron chi connectivity index (χ4n) is 7.76. The molecule has 2 aliphatic rings. The molecule has 8 rings (SSSR count). The molecule has 0 radical (unpaired) electrons. The summed E-state index contributed by atoms with van der Waals surface area (Å²) in [6.45, 7) is 10.6. The second kappa shape index (κ2) is 12.1. The summed E-state index contributed by atoms with van der Waals surface area (Å²) >= 11 is 0. The maximum atomic E-state index is 14.6. The molecule has 11 heteroatoms. The molecule has 248 valence electrons. The van der Waals surface area contributed by atoms with Crippen LogP contribution in [0.5, 0.6) is 0 Å². The Morgan fingerprint density at radius 3 is 2.67 bits per heavy atom. The van der Waals surface area contributed by atoms with E-state index >= 15 is 0 Å². The molecule has 48 heavy (non-hydrogen) atoms. The molecule has 1 saturated heterocycles. The van der Waals surface area contributed by atoms with Crippen molar-refractivity contribution in [3.8, 4) is 22.5 Å². The van der Waals surface area contributed by atoms with Gasteiger partial charge in [0.25, 0.3) is 5.91 Å². The lowest BCUT2D eigenvalue weighted by Crippen LogP contribution is -2.42. The Hall–Kier alpha value is -4.74. The standard InChI is InChI=1S/C37H42N8O3/c1-23-19-44(37(46)32-18-27-7-6-8-29(35(27)45(23)32)34-24(2)39-41(4)25(34)3)33-21-42(13-16-47-5)31-10-9-28(17-30(31)33)36-38-22-43(40-36)20-26-11-14-48-15-12-26/h6-10,17-18,21-23,26H,11-16,19-20H2,1-5H3. The molecule has 2 aliphatic heterocycles. The second-order valence-electron chi connectivity index (χ2n) is 13.4. The number of aryl methyl sites for hydroxylation is 2. The fraction of sp³-hybridized carbons (Fsp3) is 0.405. The van der Waals surface area contributed by atoms with Gasteiger partial charge in [0.2, 0.25) is 0 Å². The number of carbonyl (C=O) groups is 1. The van der Waals surface area contributed by atoms with Gasteiger partial charge in [-0.25, -0.2) is 4.98 Å². The van der Waals surface area contributed by atoms with Gasteiger partial charge in [-0.2, -0.15) is 10.2 Å². The molecule has 1 unspecified atom stereocenters. The number of para-hydroxylation sites is 1. The van der Waals surface area contributed by atoms with E-state index in [-0.39, 0.29) is 11.9 Å². The van der Waals surface area contributed by atoms with Crippen LogP contribution in [0.4, 0.5) is 5.69 Å². The van der Waals surface area contributed by atoms with Gasteiger partial charge in [-0.05, 0) is 63.8 Å². The topological polar surface area (TPSA) is 97.2 Å². The first kappa shape index (κ1) is 30.6. The predicted molar refractivity (Wildman–Crippen MR) is 186 cm³/mol. The first-order valence-corrected chi connectivity index (χ1v) is 16.9. The maximum Gasteiger partial charge on any atom is 0.275 e. The van der Waals surface area contributed by atoms with Crippen LogP contribution in [-0.2, 0) is 29.6 Å². The van der Waals surface area contributed by atoms with Crippen molar-refractivity contribution in [2.45, 2.75) is 52.7 Å². The minimum atomic E-state index is -0.00932. The Bertz CT molecular complexity index is 2160. The number of hydrogen-bond acceptors (Lipinski definition) is 6. The predicted octanol–water partition coefficient (Wildman–Crippen LogP) is 6.17. The largest absolute Gasteiger partial charge is 0.383 e. The van der Waals surface area contributed by atoms with Crippen LogP contribution in [0, 0.1) is 19.8 Å². The summed E-state index contributed by atoms with van der Waals surface area (Å²) in [5.74, 6) is 1.23. The smallest absolute Gasteiger partial charge is 0.275 e. The van der Waals surface area contributed by atoms with Gasteiger partial charge in [0.1, 0.15) is 12.0 Å². The average molecular weight is 647 g/mol. The molecule has 0 aliphatic carbocycles. The monoisotopic (exact) mass is 646 g/mol. The van der Waals surface area contributed by atoms with E-state index in [1.165, 1.54) is 0 Å². The third-order valence-electron chi connectivity index (χ3n) is 10.3. The molecule has 4 aromatic heterocycles. The minimum absolute atomic E-state index is 0.00932. The molecule has 0 spiro atoms. The summed E-state index contributed by atoms with van der Waals surface area (Å²) in [6, 6.07) is 14.7. The Balaban J connectivity index is 1.20. The third-order valence-corrected chi connectivity index (χ3v) is 10.3. The third kappa shape index (κ3) is 5.03. The van der Waals surface area contributed by atoms with E-state index in [0.29, 0.717) is 37.1 Å². The van der Waals surface area contributed by atoms with Crippen LogP contribution >= 0.6 is 0 Å². The Kier molecular flexibility index (Phi) is 7.68. The maximum absolute atomic E-state index is 14.6. The normalized spacial score (nSPS) is 17.2. The summed E-state index contributed by atoms with van der Waals surface area (Å²) in [5.41, 5.74) is 8.96. The number of ether oxygens (including phenoxy) is 2. The molecule has 2 aromatic carbocycles. The molecule has 1 amide bonds. The second-order valence-corrected chi connectivity index (χ2v) is 13.4. The number of carbonyl (C=O) groups excluding carboxylic acids is 1. The molecule has 1 fully saturated rings. The first-order chi connectivity index (χ1) is 23.3. The van der Waals surface area contributed by atoms with Crippen LogP contribution in [0.1, 0.15) is 47.7 Å². The molecule has 0 N–H and O–H groups in total. The summed E-state index contributed by atoms with van der Waals surface area (Å²) < 4.78 is 19.3. The number of nitrogens with zero attached hydrogens (tertiary/aromatic N) is 8. The van der Waals surface area contributed by atoms with E-state index in [4.69, 9.17) is 19.7 Å². The zero-order chi connectivity index (χ0) is 33.1. The van der Waals surface area contributed by atoms with Gasteiger partial charge in [0, 0.05) is 92.4 Å². The summed E-state index contributed by atoms with van der Waals surface area (Å²) in [4.78, 5) is 21.2. The van der Waals surface area contributed by atoms with Crippen molar-refractivity contribution in [2.75, 3.05) is 38.4 Å². The van der Waals surface area contributed by atoms with E-state index in [0.717, 1.165) is 88.2 Å². The van der Waals surface area contributed by atoms with Crippen LogP contribution in [0.3, 0.4) is 0 Å². The van der Waals surface area contributed by atoms with Crippen LogP contribution in [0.2, 0.25) is 0 Å². The van der Waals surface area contributed by atoms with Crippen LogP contribution in [-0.4, -0.2) is 73.1 Å².